The van der Waals surface area contributed by atoms with E-state index in [0.717, 1.165) is 30.5 Å². The largest absolute Gasteiger partial charge is 0.336 e. The highest BCUT2D eigenvalue weighted by Crippen LogP contribution is 2.32. The fourth-order valence-corrected chi connectivity index (χ4v) is 4.75. The molecular weight excluding hydrogens is 389 g/mol. The van der Waals surface area contributed by atoms with Gasteiger partial charge in [0.1, 0.15) is 4.34 Å². The summed E-state index contributed by atoms with van der Waals surface area (Å²) < 4.78 is 1.00. The van der Waals surface area contributed by atoms with Crippen molar-refractivity contribution in [2.45, 2.75) is 6.54 Å². The molecule has 1 saturated heterocycles. The Labute approximate surface area is 166 Å². The number of thiophene rings is 1. The molecule has 1 fully saturated rings. The van der Waals surface area contributed by atoms with Gasteiger partial charge >= 0.3 is 0 Å². The predicted octanol–water partition coefficient (Wildman–Crippen LogP) is 4.56. The zero-order valence-corrected chi connectivity index (χ0v) is 16.3. The topological polar surface area (TPSA) is 36.4 Å². The van der Waals surface area contributed by atoms with Crippen molar-refractivity contribution in [3.05, 3.63) is 62.4 Å². The summed E-state index contributed by atoms with van der Waals surface area (Å²) in [5.41, 5.74) is 2.78. The first-order chi connectivity index (χ1) is 12.6. The Morgan fingerprint density at radius 3 is 2.62 bits per heavy atom. The van der Waals surface area contributed by atoms with Gasteiger partial charge in [-0.1, -0.05) is 47.5 Å². The minimum absolute atomic E-state index is 0.0374. The molecule has 1 amide bonds. The predicted molar refractivity (Wildman–Crippen MR) is 107 cm³/mol. The van der Waals surface area contributed by atoms with E-state index in [1.807, 2.05) is 17.2 Å². The highest BCUT2D eigenvalue weighted by Gasteiger charge is 2.25. The maximum absolute atomic E-state index is 12.6. The fourth-order valence-electron chi connectivity index (χ4n) is 3.30. The van der Waals surface area contributed by atoms with Gasteiger partial charge < -0.3 is 4.90 Å². The second-order valence-corrected chi connectivity index (χ2v) is 8.58. The number of carbonyl (C=O) groups is 1. The summed E-state index contributed by atoms with van der Waals surface area (Å²) >= 11 is 13.3. The van der Waals surface area contributed by atoms with E-state index in [9.17, 15) is 4.79 Å². The number of hydrogen-bond acceptors (Lipinski definition) is 4. The molecule has 0 radical (unpaired) electrons. The van der Waals surface area contributed by atoms with Crippen molar-refractivity contribution in [1.29, 1.82) is 0 Å². The Kier molecular flexibility index (Phi) is 5.14. The number of carbonyl (C=O) groups excluding carboxylic acids is 1. The second-order valence-electron chi connectivity index (χ2n) is 6.30. The van der Waals surface area contributed by atoms with Crippen LogP contribution >= 0.6 is 34.5 Å². The van der Waals surface area contributed by atoms with Crippen LogP contribution in [0.2, 0.25) is 8.67 Å². The van der Waals surface area contributed by atoms with Gasteiger partial charge in [0.25, 0.3) is 5.91 Å². The van der Waals surface area contributed by atoms with Gasteiger partial charge in [0.15, 0.2) is 0 Å². The van der Waals surface area contributed by atoms with Crippen LogP contribution in [0.1, 0.15) is 15.9 Å². The molecule has 0 atom stereocenters. The van der Waals surface area contributed by atoms with E-state index in [1.165, 1.54) is 16.9 Å². The highest BCUT2D eigenvalue weighted by atomic mass is 35.5. The van der Waals surface area contributed by atoms with Gasteiger partial charge in [0, 0.05) is 44.3 Å². The van der Waals surface area contributed by atoms with E-state index < -0.39 is 0 Å². The molecule has 3 aromatic rings. The molecule has 3 heterocycles. The molecule has 134 valence electrons. The van der Waals surface area contributed by atoms with E-state index in [4.69, 9.17) is 23.2 Å². The van der Waals surface area contributed by atoms with Crippen molar-refractivity contribution < 1.29 is 4.79 Å². The van der Waals surface area contributed by atoms with Crippen LogP contribution in [0.4, 0.5) is 0 Å². The molecule has 0 N–H and O–H groups in total. The minimum Gasteiger partial charge on any atom is -0.336 e. The van der Waals surface area contributed by atoms with Gasteiger partial charge in [-0.05, 0) is 17.7 Å². The summed E-state index contributed by atoms with van der Waals surface area (Å²) in [5.74, 6) is -0.0374. The Balaban J connectivity index is 1.42. The van der Waals surface area contributed by atoms with Gasteiger partial charge in [0.05, 0.1) is 15.4 Å². The summed E-state index contributed by atoms with van der Waals surface area (Å²) in [5, 5.41) is 1.16. The van der Waals surface area contributed by atoms with Crippen molar-refractivity contribution >= 4 is 51.3 Å². The number of piperazine rings is 1. The molecular formula is C19H17Cl2N3OS. The molecule has 7 heteroatoms. The maximum atomic E-state index is 12.6. The van der Waals surface area contributed by atoms with Crippen LogP contribution in [-0.4, -0.2) is 46.9 Å². The number of para-hydroxylation sites is 1. The molecule has 4 nitrogen and oxygen atoms in total. The summed E-state index contributed by atoms with van der Waals surface area (Å²) in [7, 11) is 0. The third kappa shape index (κ3) is 3.58. The quantitative estimate of drug-likeness (QED) is 0.640. The number of pyridine rings is 1. The number of aromatic nitrogens is 1. The molecule has 1 aromatic carbocycles. The van der Waals surface area contributed by atoms with Crippen molar-refractivity contribution in [1.82, 2.24) is 14.8 Å². The highest BCUT2D eigenvalue weighted by molar-refractivity contribution is 7.20. The zero-order chi connectivity index (χ0) is 18.1. The van der Waals surface area contributed by atoms with Crippen LogP contribution in [0.15, 0.2) is 42.6 Å². The van der Waals surface area contributed by atoms with Gasteiger partial charge in [-0.2, -0.15) is 0 Å². The van der Waals surface area contributed by atoms with E-state index in [-0.39, 0.29) is 5.91 Å². The number of benzene rings is 1. The number of amides is 1. The number of halogens is 2. The zero-order valence-electron chi connectivity index (χ0n) is 14.0. The summed E-state index contributed by atoms with van der Waals surface area (Å²) in [6, 6.07) is 12.0. The minimum atomic E-state index is -0.0374. The molecule has 1 aliphatic rings. The molecule has 0 unspecified atom stereocenters. The van der Waals surface area contributed by atoms with Gasteiger partial charge in [-0.3, -0.25) is 14.7 Å². The third-order valence-corrected chi connectivity index (χ3v) is 6.14. The average molecular weight is 406 g/mol. The van der Waals surface area contributed by atoms with E-state index in [0.29, 0.717) is 27.3 Å². The molecule has 4 rings (SSSR count). The van der Waals surface area contributed by atoms with Crippen molar-refractivity contribution in [3.63, 3.8) is 0 Å². The van der Waals surface area contributed by atoms with Crippen LogP contribution < -0.4 is 0 Å². The monoisotopic (exact) mass is 405 g/mol. The fraction of sp³-hybridized carbons (Fsp3) is 0.263. The summed E-state index contributed by atoms with van der Waals surface area (Å²) in [4.78, 5) is 21.4. The maximum Gasteiger partial charge on any atom is 0.256 e. The number of nitrogens with zero attached hydrogens (tertiary/aromatic N) is 3. The molecule has 26 heavy (non-hydrogen) atoms. The van der Waals surface area contributed by atoms with Gasteiger partial charge in [-0.25, -0.2) is 0 Å². The summed E-state index contributed by atoms with van der Waals surface area (Å²) in [6.45, 7) is 3.85. The smallest absolute Gasteiger partial charge is 0.256 e. The average Bonchev–Trinajstić information content (AvgIpc) is 3.00. The Hall–Kier alpha value is -1.66. The first-order valence-electron chi connectivity index (χ1n) is 8.41. The lowest BCUT2D eigenvalue weighted by Gasteiger charge is -2.34. The van der Waals surface area contributed by atoms with E-state index >= 15 is 0 Å². The van der Waals surface area contributed by atoms with Crippen molar-refractivity contribution in [2.75, 3.05) is 26.2 Å². The van der Waals surface area contributed by atoms with Crippen molar-refractivity contribution in [3.8, 4) is 0 Å². The lowest BCUT2D eigenvalue weighted by atomic mass is 10.1. The van der Waals surface area contributed by atoms with Crippen LogP contribution in [-0.2, 0) is 6.54 Å². The van der Waals surface area contributed by atoms with Gasteiger partial charge in [-0.15, -0.1) is 11.3 Å². The van der Waals surface area contributed by atoms with Crippen LogP contribution in [0.5, 0.6) is 0 Å². The molecule has 0 bridgehead atoms. The lowest BCUT2D eigenvalue weighted by Crippen LogP contribution is -2.48. The third-order valence-electron chi connectivity index (χ3n) is 4.66. The van der Waals surface area contributed by atoms with E-state index in [2.05, 4.69) is 34.1 Å². The van der Waals surface area contributed by atoms with Crippen LogP contribution in [0.25, 0.3) is 10.9 Å². The standard InChI is InChI=1S/C19H17Cl2N3OS/c20-16-11-15(18(21)26-16)19(25)24-9-7-23(8-10-24)12-14-4-1-3-13-5-2-6-22-17(13)14/h1-6,11H,7-10,12H2. The molecule has 0 aliphatic carbocycles. The summed E-state index contributed by atoms with van der Waals surface area (Å²) in [6.07, 6.45) is 1.83. The first kappa shape index (κ1) is 17.7. The number of rotatable bonds is 3. The molecule has 0 spiro atoms. The Morgan fingerprint density at radius 2 is 1.88 bits per heavy atom. The van der Waals surface area contributed by atoms with Crippen molar-refractivity contribution in [2.24, 2.45) is 0 Å². The SMILES string of the molecule is O=C(c1cc(Cl)sc1Cl)N1CCN(Cc2cccc3cccnc23)CC1. The van der Waals surface area contributed by atoms with Gasteiger partial charge in [0.2, 0.25) is 0 Å². The number of hydrogen-bond donors (Lipinski definition) is 0. The molecule has 1 aliphatic heterocycles. The van der Waals surface area contributed by atoms with Crippen LogP contribution in [0, 0.1) is 0 Å². The normalized spacial score (nSPS) is 15.5. The lowest BCUT2D eigenvalue weighted by molar-refractivity contribution is 0.0629. The van der Waals surface area contributed by atoms with Crippen LogP contribution in [0.3, 0.4) is 0 Å². The molecule has 0 saturated carbocycles. The first-order valence-corrected chi connectivity index (χ1v) is 9.98. The number of fused-ring (bicyclic) bond motifs is 1. The Morgan fingerprint density at radius 1 is 1.12 bits per heavy atom. The van der Waals surface area contributed by atoms with E-state index in [1.54, 1.807) is 6.07 Å². The molecule has 2 aromatic heterocycles. The Bertz CT molecular complexity index is 946. The second kappa shape index (κ2) is 7.53.